The molecule has 0 atom stereocenters. The molecule has 2 rings (SSSR count). The zero-order chi connectivity index (χ0) is 27.4. The van der Waals surface area contributed by atoms with Crippen molar-refractivity contribution in [3.8, 4) is 0 Å². The van der Waals surface area contributed by atoms with Gasteiger partial charge in [0.1, 0.15) is 11.4 Å². The van der Waals surface area contributed by atoms with Crippen molar-refractivity contribution in [1.29, 1.82) is 0 Å². The van der Waals surface area contributed by atoms with Crippen LogP contribution in [0.15, 0.2) is 29.2 Å². The average Bonchev–Trinajstić information content (AvgIpc) is 2.72. The summed E-state index contributed by atoms with van der Waals surface area (Å²) in [4.78, 5) is 25.1. The van der Waals surface area contributed by atoms with Gasteiger partial charge in [0, 0.05) is 12.8 Å². The van der Waals surface area contributed by atoms with E-state index < -0.39 is 37.3 Å². The molecule has 0 radical (unpaired) electrons. The van der Waals surface area contributed by atoms with Crippen LogP contribution in [0.25, 0.3) is 0 Å². The summed E-state index contributed by atoms with van der Waals surface area (Å²) < 4.78 is 69.6. The van der Waals surface area contributed by atoms with Gasteiger partial charge in [0.25, 0.3) is 0 Å². The number of ketones is 1. The molecule has 0 heterocycles. The summed E-state index contributed by atoms with van der Waals surface area (Å²) in [5.74, 6) is -0.349. The standard InChI is InChI=1S/C27H39F3O5S/c1-24(2,3)35-23(32)19-26(15-7-6-8-16-26)18-21(31)12-10-14-25(4,5)36(33,34)22-13-9-11-20(17-22)27(28,29)30/h9,11,13,17H,6-8,10,12,14-16,18-19H2,1-5H3. The Morgan fingerprint density at radius 2 is 1.58 bits per heavy atom. The molecule has 0 N–H and O–H groups in total. The van der Waals surface area contributed by atoms with Gasteiger partial charge in [0.2, 0.25) is 0 Å². The Hall–Kier alpha value is -1.90. The molecule has 0 unspecified atom stereocenters. The first-order valence-corrected chi connectivity index (χ1v) is 14.0. The quantitative estimate of drug-likeness (QED) is 0.301. The lowest BCUT2D eigenvalue weighted by atomic mass is 9.68. The van der Waals surface area contributed by atoms with E-state index in [-0.39, 0.29) is 48.8 Å². The number of rotatable bonds is 10. The summed E-state index contributed by atoms with van der Waals surface area (Å²) in [7, 11) is -4.06. The molecule has 0 amide bonds. The maximum atomic E-state index is 13.1. The number of sulfone groups is 1. The molecule has 0 spiro atoms. The Morgan fingerprint density at radius 3 is 2.14 bits per heavy atom. The highest BCUT2D eigenvalue weighted by atomic mass is 32.2. The van der Waals surface area contributed by atoms with Crippen LogP contribution in [0.1, 0.15) is 104 Å². The number of hydrogen-bond donors (Lipinski definition) is 0. The van der Waals surface area contributed by atoms with Crippen molar-refractivity contribution >= 4 is 21.6 Å². The van der Waals surface area contributed by atoms with Gasteiger partial charge in [-0.3, -0.25) is 9.59 Å². The highest BCUT2D eigenvalue weighted by Crippen LogP contribution is 2.43. The van der Waals surface area contributed by atoms with Crippen molar-refractivity contribution in [2.24, 2.45) is 5.41 Å². The maximum absolute atomic E-state index is 13.1. The van der Waals surface area contributed by atoms with Crippen LogP contribution in [0.2, 0.25) is 0 Å². The molecule has 1 saturated carbocycles. The van der Waals surface area contributed by atoms with Gasteiger partial charge in [-0.05, 0) is 83.9 Å². The first-order chi connectivity index (χ1) is 16.4. The fraction of sp³-hybridized carbons (Fsp3) is 0.704. The lowest BCUT2D eigenvalue weighted by Gasteiger charge is -2.37. The summed E-state index contributed by atoms with van der Waals surface area (Å²) in [5.41, 5.74) is -2.05. The number of ether oxygens (including phenoxy) is 1. The number of carbonyl (C=O) groups is 2. The minimum Gasteiger partial charge on any atom is -0.460 e. The number of alkyl halides is 3. The van der Waals surface area contributed by atoms with Gasteiger partial charge in [-0.2, -0.15) is 13.2 Å². The lowest BCUT2D eigenvalue weighted by Crippen LogP contribution is -2.34. The van der Waals surface area contributed by atoms with Crippen molar-refractivity contribution in [2.75, 3.05) is 0 Å². The van der Waals surface area contributed by atoms with E-state index in [1.807, 2.05) is 0 Å². The van der Waals surface area contributed by atoms with E-state index in [9.17, 15) is 31.2 Å². The molecule has 0 saturated heterocycles. The lowest BCUT2D eigenvalue weighted by molar-refractivity contribution is -0.158. The Bertz CT molecular complexity index is 1030. The zero-order valence-corrected chi connectivity index (χ0v) is 22.8. The maximum Gasteiger partial charge on any atom is 0.416 e. The van der Waals surface area contributed by atoms with Crippen molar-refractivity contribution in [3.63, 3.8) is 0 Å². The van der Waals surface area contributed by atoms with Gasteiger partial charge in [-0.15, -0.1) is 0 Å². The van der Waals surface area contributed by atoms with Crippen LogP contribution >= 0.6 is 0 Å². The van der Waals surface area contributed by atoms with E-state index in [0.717, 1.165) is 44.2 Å². The normalized spacial score (nSPS) is 17.0. The van der Waals surface area contributed by atoms with Gasteiger partial charge in [0.05, 0.1) is 21.6 Å². The third-order valence-electron chi connectivity index (χ3n) is 6.86. The summed E-state index contributed by atoms with van der Waals surface area (Å²) >= 11 is 0. The first-order valence-electron chi connectivity index (χ1n) is 12.5. The molecule has 0 bridgehead atoms. The van der Waals surface area contributed by atoms with E-state index in [2.05, 4.69) is 0 Å². The number of carbonyl (C=O) groups excluding carboxylic acids is 2. The second-order valence-corrected chi connectivity index (χ2v) is 14.3. The molecule has 204 valence electrons. The average molecular weight is 533 g/mol. The summed E-state index contributed by atoms with van der Waals surface area (Å²) in [6.45, 7) is 8.35. The van der Waals surface area contributed by atoms with Crippen LogP contribution in [0.4, 0.5) is 13.2 Å². The van der Waals surface area contributed by atoms with Gasteiger partial charge in [0.15, 0.2) is 9.84 Å². The summed E-state index contributed by atoms with van der Waals surface area (Å²) in [5, 5.41) is 0. The van der Waals surface area contributed by atoms with Crippen LogP contribution in [-0.2, 0) is 30.3 Å². The summed E-state index contributed by atoms with van der Waals surface area (Å²) in [6, 6.07) is 3.75. The van der Waals surface area contributed by atoms with Crippen molar-refractivity contribution in [1.82, 2.24) is 0 Å². The van der Waals surface area contributed by atoms with Gasteiger partial charge in [-0.1, -0.05) is 25.3 Å². The van der Waals surface area contributed by atoms with E-state index in [1.54, 1.807) is 20.8 Å². The first kappa shape index (κ1) is 30.3. The largest absolute Gasteiger partial charge is 0.460 e. The number of esters is 1. The molecular weight excluding hydrogens is 493 g/mol. The van der Waals surface area contributed by atoms with Crippen LogP contribution in [0.3, 0.4) is 0 Å². The molecule has 0 aromatic heterocycles. The van der Waals surface area contributed by atoms with Crippen molar-refractivity contribution < 1.29 is 35.9 Å². The highest BCUT2D eigenvalue weighted by Gasteiger charge is 2.39. The SMILES string of the molecule is CC(C)(C)OC(=O)CC1(CC(=O)CCCC(C)(C)S(=O)(=O)c2cccc(C(F)(F)F)c2)CCCCC1. The fourth-order valence-electron chi connectivity index (χ4n) is 4.91. The molecule has 0 aliphatic heterocycles. The van der Waals surface area contributed by atoms with Crippen LogP contribution in [0.5, 0.6) is 0 Å². The third kappa shape index (κ3) is 8.32. The molecule has 5 nitrogen and oxygen atoms in total. The highest BCUT2D eigenvalue weighted by molar-refractivity contribution is 7.92. The Morgan fingerprint density at radius 1 is 0.972 bits per heavy atom. The zero-order valence-electron chi connectivity index (χ0n) is 22.0. The Labute approximate surface area is 213 Å². The molecular formula is C27H39F3O5S. The van der Waals surface area contributed by atoms with E-state index in [0.29, 0.717) is 6.07 Å². The van der Waals surface area contributed by atoms with Crippen LogP contribution in [0, 0.1) is 5.41 Å². The number of hydrogen-bond acceptors (Lipinski definition) is 5. The third-order valence-corrected chi connectivity index (χ3v) is 9.39. The van der Waals surface area contributed by atoms with Crippen LogP contribution in [-0.4, -0.2) is 30.5 Å². The second kappa shape index (κ2) is 11.2. The predicted octanol–water partition coefficient (Wildman–Crippen LogP) is 7.07. The Kier molecular flexibility index (Phi) is 9.46. The summed E-state index contributed by atoms with van der Waals surface area (Å²) in [6.07, 6.45) is 0.832. The predicted molar refractivity (Wildman–Crippen MR) is 132 cm³/mol. The molecule has 1 aliphatic carbocycles. The Balaban J connectivity index is 2.03. The minimum absolute atomic E-state index is 0.0345. The van der Waals surface area contributed by atoms with Gasteiger partial charge < -0.3 is 4.74 Å². The van der Waals surface area contributed by atoms with E-state index in [4.69, 9.17) is 4.74 Å². The molecule has 9 heteroatoms. The minimum atomic E-state index is -4.64. The molecule has 1 aliphatic rings. The van der Waals surface area contributed by atoms with Crippen LogP contribution < -0.4 is 0 Å². The van der Waals surface area contributed by atoms with Crippen molar-refractivity contribution in [3.05, 3.63) is 29.8 Å². The molecule has 1 aromatic rings. The number of halogens is 3. The van der Waals surface area contributed by atoms with Gasteiger partial charge in [-0.25, -0.2) is 8.42 Å². The fourth-order valence-corrected chi connectivity index (χ4v) is 6.50. The van der Waals surface area contributed by atoms with E-state index >= 15 is 0 Å². The topological polar surface area (TPSA) is 77.5 Å². The van der Waals surface area contributed by atoms with Gasteiger partial charge >= 0.3 is 12.1 Å². The monoisotopic (exact) mass is 532 g/mol. The molecule has 1 aromatic carbocycles. The number of benzene rings is 1. The van der Waals surface area contributed by atoms with Crippen molar-refractivity contribution in [2.45, 2.75) is 120 Å². The molecule has 36 heavy (non-hydrogen) atoms. The number of Topliss-reactive ketones (excluding diaryl/α,β-unsaturated/α-hetero) is 1. The van der Waals surface area contributed by atoms with E-state index in [1.165, 1.54) is 19.9 Å². The smallest absolute Gasteiger partial charge is 0.416 e. The molecule has 1 fully saturated rings. The second-order valence-electron chi connectivity index (χ2n) is 11.7.